The summed E-state index contributed by atoms with van der Waals surface area (Å²) in [7, 11) is 0. The van der Waals surface area contributed by atoms with Crippen molar-refractivity contribution in [3.8, 4) is 33.8 Å². The highest BCUT2D eigenvalue weighted by molar-refractivity contribution is 5.96. The highest BCUT2D eigenvalue weighted by atomic mass is 15.2. The van der Waals surface area contributed by atoms with Crippen molar-refractivity contribution in [1.29, 1.82) is 0 Å². The lowest BCUT2D eigenvalue weighted by atomic mass is 10.0. The molecule has 0 aliphatic carbocycles. The molecular weight excluding hydrogens is 422 g/mol. The van der Waals surface area contributed by atoms with E-state index in [9.17, 15) is 0 Å². The lowest BCUT2D eigenvalue weighted by molar-refractivity contribution is 1.26. The van der Waals surface area contributed by atoms with Gasteiger partial charge in [-0.3, -0.25) is 0 Å². The number of nitrogens with one attached hydrogen (secondary N) is 3. The number of nitrogens with zero attached hydrogens (tertiary/aromatic N) is 4. The van der Waals surface area contributed by atoms with Crippen LogP contribution in [-0.4, -0.2) is 29.9 Å². The van der Waals surface area contributed by atoms with Gasteiger partial charge >= 0.3 is 0 Å². The molecular formula is C27H21N7. The summed E-state index contributed by atoms with van der Waals surface area (Å²) >= 11 is 0. The van der Waals surface area contributed by atoms with Gasteiger partial charge in [0.25, 0.3) is 0 Å². The van der Waals surface area contributed by atoms with Crippen LogP contribution in [0.2, 0.25) is 0 Å². The highest BCUT2D eigenvalue weighted by Crippen LogP contribution is 2.46. The van der Waals surface area contributed by atoms with Crippen molar-refractivity contribution in [2.24, 2.45) is 0 Å². The first kappa shape index (κ1) is 19.8. The number of rotatable bonds is 6. The molecule has 7 heteroatoms. The summed E-state index contributed by atoms with van der Waals surface area (Å²) in [4.78, 5) is 25.1. The number of anilines is 3. The Kier molecular flexibility index (Phi) is 4.97. The van der Waals surface area contributed by atoms with Gasteiger partial charge in [0, 0.05) is 35.3 Å². The minimum atomic E-state index is 0.870. The van der Waals surface area contributed by atoms with Gasteiger partial charge < -0.3 is 19.9 Å². The zero-order valence-corrected chi connectivity index (χ0v) is 18.2. The van der Waals surface area contributed by atoms with Crippen LogP contribution in [0.5, 0.6) is 0 Å². The number of aromatic nitrogens is 6. The van der Waals surface area contributed by atoms with E-state index in [-0.39, 0.29) is 0 Å². The van der Waals surface area contributed by atoms with Crippen LogP contribution >= 0.6 is 0 Å². The van der Waals surface area contributed by atoms with E-state index in [0.29, 0.717) is 0 Å². The maximum absolute atomic E-state index is 4.54. The Balaban J connectivity index is 1.66. The molecule has 3 aromatic heterocycles. The SMILES string of the molecule is c1ccc(N(c2ccccc2-c2c[nH]cn2)c2ccccc2-c2c[nH]cn2)c(-c2c[nH]cn2)c1. The predicted molar refractivity (Wildman–Crippen MR) is 134 cm³/mol. The Hall–Kier alpha value is -4.91. The van der Waals surface area contributed by atoms with Gasteiger partial charge in [0.05, 0.1) is 53.1 Å². The topological polar surface area (TPSA) is 89.3 Å². The molecule has 7 nitrogen and oxygen atoms in total. The quantitative estimate of drug-likeness (QED) is 0.281. The van der Waals surface area contributed by atoms with Crippen molar-refractivity contribution in [1.82, 2.24) is 29.9 Å². The third kappa shape index (κ3) is 3.45. The standard InChI is InChI=1S/C27H21N7/c1-4-10-25(19(7-1)22-13-28-16-31-22)34(26-11-5-2-8-20(26)23-14-29-17-32-23)27-12-6-3-9-21(27)24-15-30-18-33-24/h1-18H,(H,28,31)(H,29,32)(H,30,33). The Bertz CT molecular complexity index is 1320. The van der Waals surface area contributed by atoms with Gasteiger partial charge in [-0.15, -0.1) is 0 Å². The first-order valence-electron chi connectivity index (χ1n) is 10.9. The maximum atomic E-state index is 4.54. The monoisotopic (exact) mass is 443 g/mol. The summed E-state index contributed by atoms with van der Waals surface area (Å²) in [5.41, 5.74) is 8.65. The fraction of sp³-hybridized carbons (Fsp3) is 0. The largest absolute Gasteiger partial charge is 0.351 e. The van der Waals surface area contributed by atoms with E-state index in [4.69, 9.17) is 0 Å². The number of para-hydroxylation sites is 3. The van der Waals surface area contributed by atoms with Crippen molar-refractivity contribution in [3.05, 3.63) is 110 Å². The minimum Gasteiger partial charge on any atom is -0.351 e. The molecule has 3 N–H and O–H groups in total. The molecule has 0 saturated heterocycles. The number of aromatic amines is 3. The van der Waals surface area contributed by atoms with Gasteiger partial charge in [-0.25, -0.2) is 15.0 Å². The van der Waals surface area contributed by atoms with E-state index in [1.54, 1.807) is 19.0 Å². The van der Waals surface area contributed by atoms with Gasteiger partial charge in [0.2, 0.25) is 0 Å². The molecule has 0 amide bonds. The molecule has 164 valence electrons. The minimum absolute atomic E-state index is 0.870. The smallest absolute Gasteiger partial charge is 0.0927 e. The van der Waals surface area contributed by atoms with E-state index in [1.165, 1.54) is 0 Å². The molecule has 0 atom stereocenters. The van der Waals surface area contributed by atoms with E-state index >= 15 is 0 Å². The summed E-state index contributed by atoms with van der Waals surface area (Å²) in [6, 6.07) is 24.9. The van der Waals surface area contributed by atoms with Crippen molar-refractivity contribution in [2.45, 2.75) is 0 Å². The first-order chi connectivity index (χ1) is 16.9. The van der Waals surface area contributed by atoms with Crippen molar-refractivity contribution in [2.75, 3.05) is 4.90 Å². The third-order valence-corrected chi connectivity index (χ3v) is 5.76. The number of hydrogen-bond acceptors (Lipinski definition) is 4. The molecule has 0 aliphatic heterocycles. The van der Waals surface area contributed by atoms with Crippen LogP contribution in [0.1, 0.15) is 0 Å². The highest BCUT2D eigenvalue weighted by Gasteiger charge is 2.23. The molecule has 0 unspecified atom stereocenters. The summed E-state index contributed by atoms with van der Waals surface area (Å²) in [5.74, 6) is 0. The second-order valence-electron chi connectivity index (χ2n) is 7.75. The van der Waals surface area contributed by atoms with Crippen molar-refractivity contribution in [3.63, 3.8) is 0 Å². The first-order valence-corrected chi connectivity index (χ1v) is 10.9. The van der Waals surface area contributed by atoms with E-state index in [1.807, 2.05) is 55.0 Å². The number of hydrogen-bond donors (Lipinski definition) is 3. The molecule has 0 fully saturated rings. The van der Waals surface area contributed by atoms with Gasteiger partial charge in [0.1, 0.15) is 0 Å². The summed E-state index contributed by atoms with van der Waals surface area (Å²) in [5, 5.41) is 0. The Morgan fingerprint density at radius 2 is 0.765 bits per heavy atom. The molecule has 0 radical (unpaired) electrons. The van der Waals surface area contributed by atoms with Gasteiger partial charge in [-0.05, 0) is 18.2 Å². The average molecular weight is 444 g/mol. The van der Waals surface area contributed by atoms with Crippen LogP contribution in [0.4, 0.5) is 17.1 Å². The molecule has 34 heavy (non-hydrogen) atoms. The Labute approximate surface area is 196 Å². The summed E-state index contributed by atoms with van der Waals surface area (Å²) in [6.07, 6.45) is 10.8. The average Bonchev–Trinajstić information content (AvgIpc) is 3.69. The second kappa shape index (κ2) is 8.55. The molecule has 0 aliphatic rings. The third-order valence-electron chi connectivity index (χ3n) is 5.76. The van der Waals surface area contributed by atoms with Crippen LogP contribution in [0, 0.1) is 0 Å². The fourth-order valence-electron chi connectivity index (χ4n) is 4.27. The Morgan fingerprint density at radius 3 is 1.06 bits per heavy atom. The van der Waals surface area contributed by atoms with Gasteiger partial charge in [0.15, 0.2) is 0 Å². The zero-order chi connectivity index (χ0) is 22.7. The predicted octanol–water partition coefficient (Wildman–Crippen LogP) is 6.33. The van der Waals surface area contributed by atoms with Crippen molar-refractivity contribution < 1.29 is 0 Å². The molecule has 3 heterocycles. The molecule has 0 spiro atoms. The number of H-pyrrole nitrogens is 3. The number of imidazole rings is 3. The summed E-state index contributed by atoms with van der Waals surface area (Å²) in [6.45, 7) is 0. The normalized spacial score (nSPS) is 10.9. The lowest BCUT2D eigenvalue weighted by Crippen LogP contribution is -2.13. The van der Waals surface area contributed by atoms with E-state index in [0.717, 1.165) is 50.8 Å². The van der Waals surface area contributed by atoms with Gasteiger partial charge in [-0.1, -0.05) is 54.6 Å². The zero-order valence-electron chi connectivity index (χ0n) is 18.2. The van der Waals surface area contributed by atoms with Crippen LogP contribution in [0.3, 0.4) is 0 Å². The van der Waals surface area contributed by atoms with Crippen LogP contribution in [0.25, 0.3) is 33.8 Å². The van der Waals surface area contributed by atoms with E-state index < -0.39 is 0 Å². The Morgan fingerprint density at radius 1 is 0.441 bits per heavy atom. The summed E-state index contributed by atoms with van der Waals surface area (Å²) < 4.78 is 0. The van der Waals surface area contributed by atoms with Gasteiger partial charge in [-0.2, -0.15) is 0 Å². The number of benzene rings is 3. The molecule has 0 bridgehead atoms. The van der Waals surface area contributed by atoms with Crippen LogP contribution in [0.15, 0.2) is 110 Å². The molecule has 6 rings (SSSR count). The molecule has 0 saturated carbocycles. The van der Waals surface area contributed by atoms with E-state index in [2.05, 4.69) is 71.2 Å². The molecule has 6 aromatic rings. The van der Waals surface area contributed by atoms with Crippen LogP contribution < -0.4 is 4.90 Å². The van der Waals surface area contributed by atoms with Crippen LogP contribution in [-0.2, 0) is 0 Å². The maximum Gasteiger partial charge on any atom is 0.0927 e. The molecule has 3 aromatic carbocycles. The van der Waals surface area contributed by atoms with Crippen molar-refractivity contribution >= 4 is 17.1 Å². The lowest BCUT2D eigenvalue weighted by Gasteiger charge is -2.30. The fourth-order valence-corrected chi connectivity index (χ4v) is 4.27. The second-order valence-corrected chi connectivity index (χ2v) is 7.75.